The molecule has 6 fully saturated rings. The fourth-order valence-electron chi connectivity index (χ4n) is 10.7. The molecule has 2 unspecified atom stereocenters. The van der Waals surface area contributed by atoms with E-state index in [2.05, 4.69) is 8.83 Å². The average molecular weight is 1450 g/mol. The highest BCUT2D eigenvalue weighted by Gasteiger charge is 2.65. The van der Waals surface area contributed by atoms with Gasteiger partial charge in [0.25, 0.3) is 11.6 Å². The standard InChI is InChI=1S/C44H80N3O44P3/c45-1-2-79-93(73,74)91-94(75,76)90-36-31(14(55)7-50)83-40(28(64)35(36)85-39-27(63)25(61)26(62)29(82-39)12(53)5-48)84-34-16(86-44(42(68)69)3-11(52)21(57)30(87-44)13(54)6-49)4-43(41(66)67,88-32(34)15(56)8-51)78-10-18-33(89-92(70,71)72)24(60)20(47)38(81-18)77-9-17-22(58)23(59)19(46)37(65)80-17/h11-40,48-65H,1-10,45-47H2,(H,66,67)(H,68,69)(H,73,74)(H,75,76)(H2,70,71,72)/t11-,12+,13-,14+,15-,16-,17-,18-,19-,20-,21-,22-,23-,24-,25+,26+,27+,28+,29-,30-,31-,32-,33-,34-,35-,36-,37+,38-,39-,40-,43-,44-/m1/s1. The molecule has 0 aliphatic carbocycles. The van der Waals surface area contributed by atoms with Crippen LogP contribution >= 0.6 is 23.5 Å². The number of carboxylic acids is 2. The van der Waals surface area contributed by atoms with Crippen molar-refractivity contribution in [3.63, 3.8) is 0 Å². The maximum Gasteiger partial charge on any atom is 0.481 e. The largest absolute Gasteiger partial charge is 0.481 e. The number of carboxylic acid groups (broad SMARTS) is 2. The molecule has 6 aliphatic rings. The molecule has 30 N–H and O–H groups in total. The summed E-state index contributed by atoms with van der Waals surface area (Å²) in [6.07, 6.45) is -71.3. The van der Waals surface area contributed by atoms with E-state index in [1.54, 1.807) is 0 Å². The molecule has 34 atom stereocenters. The lowest BCUT2D eigenvalue weighted by Crippen LogP contribution is -2.70. The molecule has 0 aromatic heterocycles. The van der Waals surface area contributed by atoms with E-state index in [0.29, 0.717) is 0 Å². The molecular weight excluding hydrogens is 1370 g/mol. The van der Waals surface area contributed by atoms with Gasteiger partial charge in [-0.15, -0.1) is 0 Å². The number of phosphoric acid groups is 3. The molecule has 0 amide bonds. The van der Waals surface area contributed by atoms with Gasteiger partial charge in [-0.1, -0.05) is 0 Å². The van der Waals surface area contributed by atoms with Gasteiger partial charge in [0.15, 0.2) is 25.2 Å². The van der Waals surface area contributed by atoms with Gasteiger partial charge in [-0.3, -0.25) is 13.6 Å². The molecule has 0 aromatic rings. The third kappa shape index (κ3) is 18.8. The average Bonchev–Trinajstić information content (AvgIpc) is 0.748. The van der Waals surface area contributed by atoms with Gasteiger partial charge in [0.2, 0.25) is 0 Å². The zero-order chi connectivity index (χ0) is 70.7. The lowest BCUT2D eigenvalue weighted by Gasteiger charge is -2.53. The highest BCUT2D eigenvalue weighted by molar-refractivity contribution is 7.61. The Bertz CT molecular complexity index is 2600. The van der Waals surface area contributed by atoms with Crippen LogP contribution in [-0.2, 0) is 93.3 Å². The second-order valence-corrected chi connectivity index (χ2v) is 26.3. The number of hydrogen-bond donors (Lipinski definition) is 27. The zero-order valence-electron chi connectivity index (χ0n) is 48.4. The van der Waals surface area contributed by atoms with E-state index in [9.17, 15) is 145 Å². The summed E-state index contributed by atoms with van der Waals surface area (Å²) in [5.41, 5.74) is 17.0. The second kappa shape index (κ2) is 33.2. The van der Waals surface area contributed by atoms with Crippen molar-refractivity contribution in [2.24, 2.45) is 17.2 Å². The monoisotopic (exact) mass is 1450 g/mol. The topological polar surface area (TPSA) is 787 Å². The van der Waals surface area contributed by atoms with Crippen LogP contribution < -0.4 is 17.2 Å². The van der Waals surface area contributed by atoms with Crippen LogP contribution in [0.2, 0.25) is 0 Å². The maximum atomic E-state index is 13.9. The van der Waals surface area contributed by atoms with Crippen molar-refractivity contribution in [1.82, 2.24) is 0 Å². The molecule has 6 rings (SSSR count). The summed E-state index contributed by atoms with van der Waals surface area (Å²) in [7, 11) is -17.9. The van der Waals surface area contributed by atoms with Crippen molar-refractivity contribution >= 4 is 35.4 Å². The normalized spacial score (nSPS) is 44.4. The molecular formula is C44H80N3O44P3. The van der Waals surface area contributed by atoms with Gasteiger partial charge in [-0.2, -0.15) is 4.31 Å². The van der Waals surface area contributed by atoms with E-state index in [-0.39, 0.29) is 0 Å². The van der Waals surface area contributed by atoms with E-state index in [1.807, 2.05) is 0 Å². The van der Waals surface area contributed by atoms with Crippen LogP contribution in [0.1, 0.15) is 12.8 Å². The van der Waals surface area contributed by atoms with Gasteiger partial charge < -0.3 is 191 Å². The van der Waals surface area contributed by atoms with Gasteiger partial charge in [0, 0.05) is 19.4 Å². The van der Waals surface area contributed by atoms with Gasteiger partial charge in [0.1, 0.15) is 134 Å². The first kappa shape index (κ1) is 81.0. The summed E-state index contributed by atoms with van der Waals surface area (Å²) in [6, 6.07) is -3.50. The van der Waals surface area contributed by atoms with Crippen molar-refractivity contribution in [1.29, 1.82) is 0 Å². The zero-order valence-corrected chi connectivity index (χ0v) is 51.0. The van der Waals surface area contributed by atoms with Crippen LogP contribution in [0.15, 0.2) is 0 Å². The number of aliphatic hydroxyl groups excluding tert-OH is 18. The van der Waals surface area contributed by atoms with Crippen LogP contribution in [0.5, 0.6) is 0 Å². The van der Waals surface area contributed by atoms with Gasteiger partial charge in [-0.25, -0.2) is 23.3 Å². The molecule has 0 saturated carbocycles. The first-order valence-corrected chi connectivity index (χ1v) is 32.5. The fraction of sp³-hybridized carbons (Fsp3) is 0.955. The molecule has 94 heavy (non-hydrogen) atoms. The number of ether oxygens (including phenoxy) is 11. The van der Waals surface area contributed by atoms with Crippen molar-refractivity contribution in [2.45, 2.75) is 208 Å². The Morgan fingerprint density at radius 3 is 1.64 bits per heavy atom. The van der Waals surface area contributed by atoms with E-state index in [1.165, 1.54) is 0 Å². The lowest BCUT2D eigenvalue weighted by atomic mass is 9.89. The summed E-state index contributed by atoms with van der Waals surface area (Å²) < 4.78 is 120. The first-order valence-electron chi connectivity index (χ1n) is 28.0. The number of rotatable bonds is 31. The van der Waals surface area contributed by atoms with Crippen molar-refractivity contribution < 1.29 is 215 Å². The summed E-state index contributed by atoms with van der Waals surface area (Å²) in [4.78, 5) is 68.4. The molecule has 6 aliphatic heterocycles. The number of aliphatic hydroxyl groups is 18. The molecule has 47 nitrogen and oxygen atoms in total. The van der Waals surface area contributed by atoms with Crippen LogP contribution in [0.4, 0.5) is 0 Å². The smallest absolute Gasteiger partial charge is 0.477 e. The molecule has 0 bridgehead atoms. The van der Waals surface area contributed by atoms with E-state index >= 15 is 0 Å². The summed E-state index contributed by atoms with van der Waals surface area (Å²) in [5.74, 6) is -12.1. The summed E-state index contributed by atoms with van der Waals surface area (Å²) in [6.45, 7) is -9.62. The second-order valence-electron chi connectivity index (χ2n) is 22.2. The van der Waals surface area contributed by atoms with Crippen molar-refractivity contribution in [3.05, 3.63) is 0 Å². The first-order chi connectivity index (χ1) is 43.7. The summed E-state index contributed by atoms with van der Waals surface area (Å²) in [5, 5.41) is 216. The Balaban J connectivity index is 1.49. The molecule has 0 radical (unpaired) electrons. The third-order valence-corrected chi connectivity index (χ3v) is 18.7. The highest BCUT2D eigenvalue weighted by atomic mass is 31.3. The molecule has 0 aromatic carbocycles. The van der Waals surface area contributed by atoms with Crippen LogP contribution in [0.25, 0.3) is 0 Å². The van der Waals surface area contributed by atoms with Crippen LogP contribution in [-0.4, -0.2) is 382 Å². The van der Waals surface area contributed by atoms with Crippen molar-refractivity contribution in [3.8, 4) is 0 Å². The molecule has 6 saturated heterocycles. The Morgan fingerprint density at radius 2 is 1.06 bits per heavy atom. The number of aliphatic carboxylic acids is 2. The molecule has 50 heteroatoms. The predicted molar refractivity (Wildman–Crippen MR) is 283 cm³/mol. The Kier molecular flexibility index (Phi) is 28.6. The Hall–Kier alpha value is -1.97. The molecule has 0 spiro atoms. The quantitative estimate of drug-likeness (QED) is 0.0287. The fourth-order valence-corrected chi connectivity index (χ4v) is 13.5. The minimum absolute atomic E-state index is 0.514. The van der Waals surface area contributed by atoms with Gasteiger partial charge >= 0.3 is 35.4 Å². The van der Waals surface area contributed by atoms with E-state index < -0.39 is 296 Å². The highest BCUT2D eigenvalue weighted by Crippen LogP contribution is 2.62. The lowest BCUT2D eigenvalue weighted by molar-refractivity contribution is -0.405. The minimum Gasteiger partial charge on any atom is -0.477 e. The maximum absolute atomic E-state index is 13.9. The number of phosphoric ester groups is 3. The summed E-state index contributed by atoms with van der Waals surface area (Å²) >= 11 is 0. The van der Waals surface area contributed by atoms with Gasteiger partial charge in [0.05, 0.1) is 70.5 Å². The molecule has 550 valence electrons. The molecule has 6 heterocycles. The van der Waals surface area contributed by atoms with E-state index in [4.69, 9.17) is 78.4 Å². The van der Waals surface area contributed by atoms with Gasteiger partial charge in [-0.05, 0) is 0 Å². The van der Waals surface area contributed by atoms with Crippen LogP contribution in [0, 0.1) is 0 Å². The number of nitrogens with two attached hydrogens (primary N) is 3. The SMILES string of the molecule is NCCOP(=O)(O)OP(=O)(O)O[C@H]1[C@H](O[C@H]2O[C@H]([C@@H](O)CO)[C@@H](O)[C@H](O)[C@@H]2O)[C@H](O)[C@@H](O[C@H]2[C@@H]([C@H](O)CO)O[C@@](OC[C@H]3O[C@@H](OC[C@H]4O[C@H](O)[C@H](N)[C@@H](O)[C@@H]4O)[C@H](N)[C@@H](O)[C@@H]3OP(=O)(O)O)(C(=O)O)C[C@H]2O[C@]2(C(=O)O)C[C@@H](O)[C@@H](O)[C@@H]([C@H](O)CO)O2)O[C@@H]1[C@@H](O)CO. The van der Waals surface area contributed by atoms with Crippen molar-refractivity contribution in [2.75, 3.05) is 52.8 Å². The number of carbonyl (C=O) groups is 2. The predicted octanol–water partition coefficient (Wildman–Crippen LogP) is -15.4. The Labute approximate surface area is 527 Å². The number of hydrogen-bond acceptors (Lipinski definition) is 41. The third-order valence-electron chi connectivity index (χ3n) is 15.5. The van der Waals surface area contributed by atoms with E-state index in [0.717, 1.165) is 0 Å². The minimum atomic E-state index is -6.31. The van der Waals surface area contributed by atoms with Crippen LogP contribution in [0.3, 0.4) is 0 Å². The Morgan fingerprint density at radius 1 is 0.521 bits per heavy atom.